The van der Waals surface area contributed by atoms with Crippen LogP contribution in [-0.4, -0.2) is 41.3 Å². The van der Waals surface area contributed by atoms with Gasteiger partial charge in [-0.05, 0) is 23.8 Å². The molecule has 0 amide bonds. The number of hydrogen-bond acceptors (Lipinski definition) is 5. The maximum atomic E-state index is 11.1. The highest BCUT2D eigenvalue weighted by atomic mass is 16.6. The summed E-state index contributed by atoms with van der Waals surface area (Å²) in [4.78, 5) is 11.1. The molecule has 0 radical (unpaired) electrons. The second-order valence-electron chi connectivity index (χ2n) is 5.05. The second kappa shape index (κ2) is 6.68. The maximum Gasteiger partial charge on any atom is 0.335 e. The first-order valence-corrected chi connectivity index (χ1v) is 6.88. The number of benzene rings is 1. The van der Waals surface area contributed by atoms with Crippen LogP contribution in [0, 0.1) is 0 Å². The molecule has 2 rings (SSSR count). The van der Waals surface area contributed by atoms with E-state index in [-0.39, 0.29) is 17.1 Å². The number of ether oxygens (including phenoxy) is 2. The van der Waals surface area contributed by atoms with Crippen molar-refractivity contribution < 1.29 is 29.6 Å². The van der Waals surface area contributed by atoms with E-state index in [2.05, 4.69) is 0 Å². The molecule has 0 aromatic heterocycles. The van der Waals surface area contributed by atoms with Crippen LogP contribution < -0.4 is 4.74 Å². The number of phenolic OH excluding ortho intramolecular Hbond substituents is 1. The summed E-state index contributed by atoms with van der Waals surface area (Å²) in [5.41, 5.74) is 1.13. The fourth-order valence-corrected chi connectivity index (χ4v) is 2.12. The average molecular weight is 318 g/mol. The smallest absolute Gasteiger partial charge is 0.335 e. The van der Waals surface area contributed by atoms with Gasteiger partial charge in [-0.25, -0.2) is 4.79 Å². The number of phenols is 1. The molecule has 0 heterocycles. The van der Waals surface area contributed by atoms with Crippen LogP contribution in [0.15, 0.2) is 42.0 Å². The summed E-state index contributed by atoms with van der Waals surface area (Å²) in [6.45, 7) is 0. The van der Waals surface area contributed by atoms with E-state index in [4.69, 9.17) is 14.6 Å². The molecular weight excluding hydrogens is 300 g/mol. The standard InChI is InChI=1S/C17H18O6/c1-22-14-10-13(16(19)20)9-12(15(14)18)4-3-11-5-7-17(21,23-2)8-6-11/h3-7,9-10,18,21H,8H2,1-2H3,(H,19,20). The van der Waals surface area contributed by atoms with Crippen LogP contribution in [0.2, 0.25) is 0 Å². The molecule has 6 heteroatoms. The van der Waals surface area contributed by atoms with Crippen molar-refractivity contribution in [3.8, 4) is 11.5 Å². The summed E-state index contributed by atoms with van der Waals surface area (Å²) < 4.78 is 9.94. The van der Waals surface area contributed by atoms with Crippen LogP contribution >= 0.6 is 0 Å². The maximum absolute atomic E-state index is 11.1. The Morgan fingerprint density at radius 2 is 2.04 bits per heavy atom. The fraction of sp³-hybridized carbons (Fsp3) is 0.235. The highest BCUT2D eigenvalue weighted by Crippen LogP contribution is 2.33. The molecule has 1 aliphatic rings. The summed E-state index contributed by atoms with van der Waals surface area (Å²) in [7, 11) is 2.77. The molecule has 1 unspecified atom stereocenters. The van der Waals surface area contributed by atoms with Crippen molar-refractivity contribution in [2.45, 2.75) is 12.2 Å². The number of methoxy groups -OCH3 is 2. The minimum absolute atomic E-state index is 0.0150. The molecule has 0 fully saturated rings. The molecule has 0 aliphatic heterocycles. The monoisotopic (exact) mass is 318 g/mol. The van der Waals surface area contributed by atoms with Crippen LogP contribution in [0.3, 0.4) is 0 Å². The SMILES string of the molecule is COc1cc(C(=O)O)cc(C=CC2=CCC(O)(OC)C=C2)c1O. The largest absolute Gasteiger partial charge is 0.504 e. The number of carboxylic acids is 1. The van der Waals surface area contributed by atoms with E-state index >= 15 is 0 Å². The lowest BCUT2D eigenvalue weighted by molar-refractivity contribution is -0.143. The van der Waals surface area contributed by atoms with Crippen molar-refractivity contribution in [3.05, 3.63) is 53.1 Å². The van der Waals surface area contributed by atoms with E-state index in [0.717, 1.165) is 5.57 Å². The predicted octanol–water partition coefficient (Wildman–Crippen LogP) is 2.33. The Labute approximate surface area is 133 Å². The third kappa shape index (κ3) is 3.80. The van der Waals surface area contributed by atoms with Gasteiger partial charge < -0.3 is 24.8 Å². The third-order valence-corrected chi connectivity index (χ3v) is 3.55. The summed E-state index contributed by atoms with van der Waals surface area (Å²) in [6.07, 6.45) is 8.56. The van der Waals surface area contributed by atoms with E-state index in [1.54, 1.807) is 24.3 Å². The third-order valence-electron chi connectivity index (χ3n) is 3.55. The van der Waals surface area contributed by atoms with E-state index in [1.165, 1.54) is 32.4 Å². The molecule has 1 aromatic rings. The minimum Gasteiger partial charge on any atom is -0.504 e. The Balaban J connectivity index is 2.28. The summed E-state index contributed by atoms with van der Waals surface area (Å²) in [5, 5.41) is 29.1. The van der Waals surface area contributed by atoms with Gasteiger partial charge in [-0.15, -0.1) is 0 Å². The van der Waals surface area contributed by atoms with Gasteiger partial charge in [0.25, 0.3) is 0 Å². The molecule has 1 aromatic carbocycles. The second-order valence-corrected chi connectivity index (χ2v) is 5.05. The Morgan fingerprint density at radius 1 is 1.30 bits per heavy atom. The molecule has 0 bridgehead atoms. The normalized spacial score (nSPS) is 20.6. The number of aromatic hydroxyl groups is 1. The lowest BCUT2D eigenvalue weighted by Crippen LogP contribution is -2.28. The molecule has 1 aliphatic carbocycles. The highest BCUT2D eigenvalue weighted by Gasteiger charge is 2.23. The molecule has 0 saturated heterocycles. The average Bonchev–Trinajstić information content (AvgIpc) is 2.55. The number of carbonyl (C=O) groups is 1. The molecule has 0 spiro atoms. The Bertz CT molecular complexity index is 701. The number of hydrogen-bond donors (Lipinski definition) is 3. The van der Waals surface area contributed by atoms with Crippen molar-refractivity contribution >= 4 is 12.0 Å². The molecular formula is C17H18O6. The molecule has 3 N–H and O–H groups in total. The zero-order valence-corrected chi connectivity index (χ0v) is 12.8. The van der Waals surface area contributed by atoms with E-state index in [9.17, 15) is 15.0 Å². The Kier molecular flexibility index (Phi) is 4.88. The van der Waals surface area contributed by atoms with Gasteiger partial charge in [0.15, 0.2) is 17.3 Å². The summed E-state index contributed by atoms with van der Waals surface area (Å²) >= 11 is 0. The number of aliphatic hydroxyl groups is 1. The van der Waals surface area contributed by atoms with Crippen LogP contribution in [-0.2, 0) is 4.74 Å². The van der Waals surface area contributed by atoms with Crippen LogP contribution in [0.4, 0.5) is 0 Å². The number of aromatic carboxylic acids is 1. The van der Waals surface area contributed by atoms with E-state index in [1.807, 2.05) is 0 Å². The first kappa shape index (κ1) is 16.8. The van der Waals surface area contributed by atoms with Gasteiger partial charge in [-0.1, -0.05) is 24.3 Å². The van der Waals surface area contributed by atoms with Crippen molar-refractivity contribution in [3.63, 3.8) is 0 Å². The van der Waals surface area contributed by atoms with Gasteiger partial charge in [0.1, 0.15) is 0 Å². The fourth-order valence-electron chi connectivity index (χ4n) is 2.12. The topological polar surface area (TPSA) is 96.2 Å². The van der Waals surface area contributed by atoms with E-state index < -0.39 is 11.8 Å². The zero-order valence-electron chi connectivity index (χ0n) is 12.8. The quantitative estimate of drug-likeness (QED) is 0.721. The Hall–Kier alpha value is -2.57. The molecule has 0 saturated carbocycles. The summed E-state index contributed by atoms with van der Waals surface area (Å²) in [6, 6.07) is 2.61. The molecule has 122 valence electrons. The van der Waals surface area contributed by atoms with Gasteiger partial charge in [-0.2, -0.15) is 0 Å². The van der Waals surface area contributed by atoms with Gasteiger partial charge in [-0.3, -0.25) is 0 Å². The number of allylic oxidation sites excluding steroid dienone is 3. The van der Waals surface area contributed by atoms with Gasteiger partial charge in [0.05, 0.1) is 12.7 Å². The van der Waals surface area contributed by atoms with Crippen LogP contribution in [0.25, 0.3) is 6.08 Å². The summed E-state index contributed by atoms with van der Waals surface area (Å²) in [5.74, 6) is -2.46. The lowest BCUT2D eigenvalue weighted by Gasteiger charge is -2.23. The van der Waals surface area contributed by atoms with Crippen molar-refractivity contribution in [1.82, 2.24) is 0 Å². The lowest BCUT2D eigenvalue weighted by atomic mass is 10.0. The van der Waals surface area contributed by atoms with Gasteiger partial charge in [0.2, 0.25) is 0 Å². The zero-order chi connectivity index (χ0) is 17.0. The number of rotatable bonds is 5. The molecule has 23 heavy (non-hydrogen) atoms. The minimum atomic E-state index is -1.30. The van der Waals surface area contributed by atoms with Crippen LogP contribution in [0.5, 0.6) is 11.5 Å². The predicted molar refractivity (Wildman–Crippen MR) is 84.5 cm³/mol. The van der Waals surface area contributed by atoms with E-state index in [0.29, 0.717) is 12.0 Å². The highest BCUT2D eigenvalue weighted by molar-refractivity contribution is 5.90. The van der Waals surface area contributed by atoms with Gasteiger partial charge in [0, 0.05) is 19.1 Å². The van der Waals surface area contributed by atoms with Gasteiger partial charge >= 0.3 is 5.97 Å². The molecule has 1 atom stereocenters. The first-order valence-electron chi connectivity index (χ1n) is 6.88. The Morgan fingerprint density at radius 3 is 2.57 bits per heavy atom. The van der Waals surface area contributed by atoms with Crippen molar-refractivity contribution in [2.24, 2.45) is 0 Å². The van der Waals surface area contributed by atoms with Crippen molar-refractivity contribution in [1.29, 1.82) is 0 Å². The van der Waals surface area contributed by atoms with Crippen LogP contribution in [0.1, 0.15) is 22.3 Å². The number of carboxylic acid groups (broad SMARTS) is 1. The molecule has 6 nitrogen and oxygen atoms in total. The first-order chi connectivity index (χ1) is 10.9. The van der Waals surface area contributed by atoms with Crippen molar-refractivity contribution in [2.75, 3.05) is 14.2 Å².